The summed E-state index contributed by atoms with van der Waals surface area (Å²) in [6.07, 6.45) is 6.17. The Kier molecular flexibility index (Phi) is 5.74. The van der Waals surface area contributed by atoms with Crippen molar-refractivity contribution >= 4 is 39.5 Å². The van der Waals surface area contributed by atoms with Gasteiger partial charge in [0, 0.05) is 42.3 Å². The van der Waals surface area contributed by atoms with E-state index in [2.05, 4.69) is 23.0 Å². The third-order valence-corrected chi connectivity index (χ3v) is 6.83. The molecule has 0 fully saturated rings. The maximum Gasteiger partial charge on any atom is 0.222 e. The molecule has 0 radical (unpaired) electrons. The van der Waals surface area contributed by atoms with E-state index in [0.717, 1.165) is 51.0 Å². The van der Waals surface area contributed by atoms with Crippen LogP contribution in [0.1, 0.15) is 23.1 Å². The van der Waals surface area contributed by atoms with Crippen molar-refractivity contribution in [2.24, 2.45) is 0 Å². The van der Waals surface area contributed by atoms with Crippen LogP contribution in [0.4, 0.5) is 10.9 Å². The minimum atomic E-state index is 0.211. The van der Waals surface area contributed by atoms with Crippen LogP contribution in [0.15, 0.2) is 55.0 Å². The van der Waals surface area contributed by atoms with E-state index in [1.165, 1.54) is 11.3 Å². The first-order valence-electron chi connectivity index (χ1n) is 10.7. The lowest BCUT2D eigenvalue weighted by atomic mass is 10.1. The van der Waals surface area contributed by atoms with Crippen LogP contribution in [0.5, 0.6) is 0 Å². The van der Waals surface area contributed by atoms with Crippen molar-refractivity contribution in [2.75, 3.05) is 11.9 Å². The number of aryl methyl sites for hydroxylation is 2. The van der Waals surface area contributed by atoms with Gasteiger partial charge in [-0.15, -0.1) is 0 Å². The number of hydrogen-bond donors (Lipinski definition) is 0. The van der Waals surface area contributed by atoms with E-state index in [1.807, 2.05) is 65.9 Å². The van der Waals surface area contributed by atoms with Crippen molar-refractivity contribution < 1.29 is 0 Å². The second-order valence-corrected chi connectivity index (χ2v) is 9.15. The summed E-state index contributed by atoms with van der Waals surface area (Å²) < 4.78 is 2.04. The lowest BCUT2D eigenvalue weighted by Crippen LogP contribution is -2.13. The second-order valence-electron chi connectivity index (χ2n) is 7.83. The normalized spacial score (nSPS) is 11.0. The molecule has 0 aliphatic heterocycles. The van der Waals surface area contributed by atoms with Crippen molar-refractivity contribution in [3.8, 4) is 28.5 Å². The molecule has 1 aromatic carbocycles. The van der Waals surface area contributed by atoms with E-state index in [0.29, 0.717) is 10.6 Å². The van der Waals surface area contributed by atoms with Gasteiger partial charge in [-0.3, -0.25) is 4.40 Å². The van der Waals surface area contributed by atoms with Gasteiger partial charge in [-0.2, -0.15) is 5.26 Å². The summed E-state index contributed by atoms with van der Waals surface area (Å²) in [6.45, 7) is 4.12. The molecule has 9 heteroatoms. The number of nitriles is 1. The smallest absolute Gasteiger partial charge is 0.222 e. The molecule has 4 aromatic heterocycles. The van der Waals surface area contributed by atoms with Gasteiger partial charge in [0.1, 0.15) is 28.1 Å². The van der Waals surface area contributed by atoms with Crippen LogP contribution in [0.2, 0.25) is 5.28 Å². The number of benzene rings is 1. The monoisotopic (exact) mass is 485 g/mol. The molecule has 0 unspecified atom stereocenters. The largest absolute Gasteiger partial charge is 0.305 e. The van der Waals surface area contributed by atoms with Crippen LogP contribution in [0.25, 0.3) is 28.0 Å². The first-order chi connectivity index (χ1) is 16.5. The zero-order valence-corrected chi connectivity index (χ0v) is 20.4. The third kappa shape index (κ3) is 3.89. The van der Waals surface area contributed by atoms with E-state index in [1.54, 1.807) is 12.4 Å². The highest BCUT2D eigenvalue weighted by Gasteiger charge is 2.22. The van der Waals surface area contributed by atoms with E-state index in [4.69, 9.17) is 21.6 Å². The first kappa shape index (κ1) is 22.0. The molecular formula is C25H20ClN7S. The fraction of sp³-hybridized carbons (Fsp3) is 0.160. The molecule has 0 saturated carbocycles. The Morgan fingerprint density at radius 2 is 1.74 bits per heavy atom. The van der Waals surface area contributed by atoms with E-state index < -0.39 is 0 Å². The van der Waals surface area contributed by atoms with Gasteiger partial charge >= 0.3 is 0 Å². The molecule has 5 rings (SSSR count). The Morgan fingerprint density at radius 3 is 2.41 bits per heavy atom. The maximum atomic E-state index is 9.78. The summed E-state index contributed by atoms with van der Waals surface area (Å²) in [5.41, 5.74) is 6.35. The lowest BCUT2D eigenvalue weighted by molar-refractivity contribution is 1.01. The van der Waals surface area contributed by atoms with Gasteiger partial charge in [-0.25, -0.2) is 19.9 Å². The van der Waals surface area contributed by atoms with E-state index in [9.17, 15) is 5.26 Å². The number of aromatic nitrogens is 5. The van der Waals surface area contributed by atoms with Crippen molar-refractivity contribution in [1.29, 1.82) is 5.26 Å². The number of nitrogens with zero attached hydrogens (tertiary/aromatic N) is 7. The average Bonchev–Trinajstić information content (AvgIpc) is 3.45. The van der Waals surface area contributed by atoms with Crippen LogP contribution in [-0.2, 0) is 6.42 Å². The van der Waals surface area contributed by atoms with Crippen molar-refractivity contribution in [1.82, 2.24) is 24.3 Å². The number of hydrogen-bond acceptors (Lipinski definition) is 7. The Hall–Kier alpha value is -3.80. The van der Waals surface area contributed by atoms with Crippen molar-refractivity contribution in [2.45, 2.75) is 20.3 Å². The van der Waals surface area contributed by atoms with Gasteiger partial charge in [-0.05, 0) is 37.1 Å². The number of pyridine rings is 1. The standard InChI is InChI=1S/C25H20ClN7S/c1-4-19-23(33-14-17(9-10-21(33)30-19)18-12-28-24(26)29-13-18)32(3)25-31-22(20(11-27)34-25)16-7-5-15(2)6-8-16/h5-10,12-14H,4H2,1-3H3. The van der Waals surface area contributed by atoms with Crippen molar-refractivity contribution in [3.63, 3.8) is 0 Å². The van der Waals surface area contributed by atoms with Gasteiger partial charge in [0.25, 0.3) is 0 Å². The van der Waals surface area contributed by atoms with E-state index >= 15 is 0 Å². The van der Waals surface area contributed by atoms with Crippen LogP contribution in [0.3, 0.4) is 0 Å². The average molecular weight is 486 g/mol. The highest BCUT2D eigenvalue weighted by Crippen LogP contribution is 2.37. The SMILES string of the molecule is CCc1nc2ccc(-c3cnc(Cl)nc3)cn2c1N(C)c1nc(-c2ccc(C)cc2)c(C#N)s1. The molecule has 0 bridgehead atoms. The zero-order valence-electron chi connectivity index (χ0n) is 18.8. The molecule has 0 N–H and O–H groups in total. The van der Waals surface area contributed by atoms with Crippen LogP contribution >= 0.6 is 22.9 Å². The van der Waals surface area contributed by atoms with Gasteiger partial charge in [0.15, 0.2) is 5.13 Å². The summed E-state index contributed by atoms with van der Waals surface area (Å²) in [4.78, 5) is 20.5. The Bertz CT molecular complexity index is 1530. The van der Waals surface area contributed by atoms with Gasteiger partial charge in [0.2, 0.25) is 5.28 Å². The molecule has 34 heavy (non-hydrogen) atoms. The summed E-state index contributed by atoms with van der Waals surface area (Å²) in [6, 6.07) is 14.3. The van der Waals surface area contributed by atoms with Crippen LogP contribution in [0, 0.1) is 18.3 Å². The summed E-state index contributed by atoms with van der Waals surface area (Å²) in [5.74, 6) is 0.905. The summed E-state index contributed by atoms with van der Waals surface area (Å²) >= 11 is 7.23. The Balaban J connectivity index is 1.62. The van der Waals surface area contributed by atoms with Gasteiger partial charge in [0.05, 0.1) is 5.69 Å². The molecule has 7 nitrogen and oxygen atoms in total. The number of fused-ring (bicyclic) bond motifs is 1. The molecule has 0 aliphatic rings. The maximum absolute atomic E-state index is 9.78. The number of imidazole rings is 1. The molecule has 5 aromatic rings. The highest BCUT2D eigenvalue weighted by molar-refractivity contribution is 7.16. The molecule has 4 heterocycles. The van der Waals surface area contributed by atoms with Crippen LogP contribution < -0.4 is 4.90 Å². The van der Waals surface area contributed by atoms with Crippen LogP contribution in [-0.4, -0.2) is 31.4 Å². The minimum absolute atomic E-state index is 0.211. The summed E-state index contributed by atoms with van der Waals surface area (Å²) in [5, 5.41) is 10.7. The Morgan fingerprint density at radius 1 is 1.03 bits per heavy atom. The third-order valence-electron chi connectivity index (χ3n) is 5.60. The second kappa shape index (κ2) is 8.86. The molecule has 0 saturated heterocycles. The predicted octanol–water partition coefficient (Wildman–Crippen LogP) is 6.08. The highest BCUT2D eigenvalue weighted by atomic mass is 35.5. The van der Waals surface area contributed by atoms with Gasteiger partial charge in [-0.1, -0.05) is 48.1 Å². The lowest BCUT2D eigenvalue weighted by Gasteiger charge is -2.17. The number of halogens is 1. The number of anilines is 2. The molecule has 0 atom stereocenters. The van der Waals surface area contributed by atoms with Crippen molar-refractivity contribution in [3.05, 3.63) is 76.4 Å². The predicted molar refractivity (Wildman–Crippen MR) is 136 cm³/mol. The molecule has 168 valence electrons. The molecular weight excluding hydrogens is 466 g/mol. The zero-order chi connectivity index (χ0) is 23.8. The molecule has 0 spiro atoms. The Labute approximate surface area is 206 Å². The topological polar surface area (TPSA) is 83.0 Å². The number of rotatable bonds is 5. The molecule has 0 amide bonds. The van der Waals surface area contributed by atoms with Gasteiger partial charge < -0.3 is 4.90 Å². The fourth-order valence-corrected chi connectivity index (χ4v) is 4.78. The minimum Gasteiger partial charge on any atom is -0.305 e. The first-order valence-corrected chi connectivity index (χ1v) is 11.9. The summed E-state index contributed by atoms with van der Waals surface area (Å²) in [7, 11) is 1.96. The molecule has 0 aliphatic carbocycles. The fourth-order valence-electron chi connectivity index (χ4n) is 3.83. The number of thiazole rings is 1. The quantitative estimate of drug-likeness (QED) is 0.280. The van der Waals surface area contributed by atoms with E-state index in [-0.39, 0.29) is 5.28 Å².